The van der Waals surface area contributed by atoms with Crippen molar-refractivity contribution in [1.29, 1.82) is 0 Å². The van der Waals surface area contributed by atoms with Gasteiger partial charge in [0.1, 0.15) is 5.82 Å². The fourth-order valence-electron chi connectivity index (χ4n) is 5.30. The Kier molecular flexibility index (Phi) is 3.66. The molecule has 0 radical (unpaired) electrons. The predicted octanol–water partition coefficient (Wildman–Crippen LogP) is 3.03. The lowest BCUT2D eigenvalue weighted by atomic mass is 10.1. The molecule has 0 amide bonds. The number of rotatable bonds is 5. The molecule has 0 spiro atoms. The van der Waals surface area contributed by atoms with Crippen LogP contribution in [0.1, 0.15) is 55.8 Å². The van der Waals surface area contributed by atoms with Gasteiger partial charge in [-0.2, -0.15) is 5.10 Å². The topological polar surface area (TPSA) is 69.2 Å². The zero-order chi connectivity index (χ0) is 19.0. The summed E-state index contributed by atoms with van der Waals surface area (Å²) in [5, 5.41) is 5.00. The maximum atomic E-state index is 6.12. The van der Waals surface area contributed by atoms with E-state index in [1.165, 1.54) is 37.2 Å². The van der Waals surface area contributed by atoms with Gasteiger partial charge in [-0.3, -0.25) is 9.58 Å². The molecular weight excluding hydrogens is 350 g/mol. The van der Waals surface area contributed by atoms with E-state index in [4.69, 9.17) is 15.6 Å². The van der Waals surface area contributed by atoms with Gasteiger partial charge in [0, 0.05) is 42.5 Å². The molecule has 6 nitrogen and oxygen atoms in total. The van der Waals surface area contributed by atoms with Crippen molar-refractivity contribution in [2.75, 3.05) is 32.0 Å². The third kappa shape index (κ3) is 2.61. The lowest BCUT2D eigenvalue weighted by Gasteiger charge is -2.35. The first kappa shape index (κ1) is 17.0. The van der Waals surface area contributed by atoms with Crippen molar-refractivity contribution in [3.63, 3.8) is 0 Å². The fraction of sp³-hybridized carbons (Fsp3) is 0.636. The minimum atomic E-state index is 0.367. The Morgan fingerprint density at radius 1 is 1.14 bits per heavy atom. The van der Waals surface area contributed by atoms with Gasteiger partial charge in [-0.15, -0.1) is 0 Å². The molecule has 2 aromatic rings. The standard InChI is InChI=1S/C22H29N5O/c1-12(2)27-20(21-17-8-26(9-18(17)21)15-10-28-11-15)6-19(25-27)14-5-16(13-3-4-13)22(23)24-7-14/h5-7,12-13,15,17-18,21H,3-4,8-11H2,1-2H3,(H2,23,24)/t17-,18+,21+. The van der Waals surface area contributed by atoms with Gasteiger partial charge < -0.3 is 10.5 Å². The Morgan fingerprint density at radius 3 is 2.50 bits per heavy atom. The Hall–Kier alpha value is -1.92. The number of pyridine rings is 1. The molecule has 2 aliphatic carbocycles. The van der Waals surface area contributed by atoms with Crippen LogP contribution in [0.2, 0.25) is 0 Å². The number of fused-ring (bicyclic) bond motifs is 1. The number of nitrogen functional groups attached to an aromatic ring is 1. The van der Waals surface area contributed by atoms with Crippen LogP contribution in [0.15, 0.2) is 18.3 Å². The van der Waals surface area contributed by atoms with E-state index < -0.39 is 0 Å². The first-order valence-electron chi connectivity index (χ1n) is 10.8. The minimum absolute atomic E-state index is 0.367. The molecule has 2 aromatic heterocycles. The Morgan fingerprint density at radius 2 is 1.89 bits per heavy atom. The first-order valence-corrected chi connectivity index (χ1v) is 10.8. The summed E-state index contributed by atoms with van der Waals surface area (Å²) in [6.45, 7) is 8.74. The van der Waals surface area contributed by atoms with Crippen LogP contribution in [0.25, 0.3) is 11.3 Å². The summed E-state index contributed by atoms with van der Waals surface area (Å²) in [6.07, 6.45) is 4.36. The van der Waals surface area contributed by atoms with Gasteiger partial charge in [0.2, 0.25) is 0 Å². The molecule has 4 heterocycles. The smallest absolute Gasteiger partial charge is 0.126 e. The first-order chi connectivity index (χ1) is 13.6. The molecule has 0 unspecified atom stereocenters. The van der Waals surface area contributed by atoms with Crippen molar-refractivity contribution in [2.45, 2.75) is 50.6 Å². The highest BCUT2D eigenvalue weighted by atomic mass is 16.5. The van der Waals surface area contributed by atoms with E-state index in [9.17, 15) is 0 Å². The number of nitrogens with zero attached hydrogens (tertiary/aromatic N) is 4. The van der Waals surface area contributed by atoms with Gasteiger partial charge in [0.25, 0.3) is 0 Å². The van der Waals surface area contributed by atoms with Crippen LogP contribution in [0, 0.1) is 11.8 Å². The molecular formula is C22H29N5O. The molecule has 6 rings (SSSR count). The van der Waals surface area contributed by atoms with Gasteiger partial charge >= 0.3 is 0 Å². The van der Waals surface area contributed by atoms with E-state index in [0.29, 0.717) is 29.7 Å². The zero-order valence-corrected chi connectivity index (χ0v) is 16.7. The van der Waals surface area contributed by atoms with Gasteiger partial charge in [-0.25, -0.2) is 4.98 Å². The number of hydrogen-bond donors (Lipinski definition) is 1. The van der Waals surface area contributed by atoms with Gasteiger partial charge in [-0.05, 0) is 62.1 Å². The number of hydrogen-bond acceptors (Lipinski definition) is 5. The minimum Gasteiger partial charge on any atom is -0.383 e. The van der Waals surface area contributed by atoms with Crippen molar-refractivity contribution in [1.82, 2.24) is 19.7 Å². The average Bonchev–Trinajstić information content (AvgIpc) is 3.49. The number of anilines is 1. The van der Waals surface area contributed by atoms with Gasteiger partial charge in [0.05, 0.1) is 24.9 Å². The molecule has 0 bridgehead atoms. The van der Waals surface area contributed by atoms with Gasteiger partial charge in [-0.1, -0.05) is 0 Å². The quantitative estimate of drug-likeness (QED) is 0.865. The van der Waals surface area contributed by atoms with E-state index in [2.05, 4.69) is 40.5 Å². The largest absolute Gasteiger partial charge is 0.383 e. The lowest BCUT2D eigenvalue weighted by Crippen LogP contribution is -2.48. The van der Waals surface area contributed by atoms with Crippen molar-refractivity contribution >= 4 is 5.82 Å². The second kappa shape index (κ2) is 6.04. The number of piperidine rings is 1. The van der Waals surface area contributed by atoms with E-state index in [1.54, 1.807) is 0 Å². The molecule has 2 N–H and O–H groups in total. The lowest BCUT2D eigenvalue weighted by molar-refractivity contribution is -0.0610. The third-order valence-electron chi connectivity index (χ3n) is 7.22. The fourth-order valence-corrected chi connectivity index (χ4v) is 5.30. The van der Waals surface area contributed by atoms with Crippen molar-refractivity contribution in [2.24, 2.45) is 11.8 Å². The van der Waals surface area contributed by atoms with E-state index in [-0.39, 0.29) is 0 Å². The summed E-state index contributed by atoms with van der Waals surface area (Å²) >= 11 is 0. The molecule has 148 valence electrons. The molecule has 4 fully saturated rings. The highest BCUT2D eigenvalue weighted by Crippen LogP contribution is 2.59. The zero-order valence-electron chi connectivity index (χ0n) is 16.7. The summed E-state index contributed by atoms with van der Waals surface area (Å²) in [6, 6.07) is 5.58. The third-order valence-corrected chi connectivity index (χ3v) is 7.22. The van der Waals surface area contributed by atoms with Crippen LogP contribution >= 0.6 is 0 Å². The molecule has 3 atom stereocenters. The molecule has 2 saturated carbocycles. The summed E-state index contributed by atoms with van der Waals surface area (Å²) in [7, 11) is 0. The summed E-state index contributed by atoms with van der Waals surface area (Å²) < 4.78 is 7.63. The molecule has 2 saturated heterocycles. The normalized spacial score (nSPS) is 29.9. The van der Waals surface area contributed by atoms with Crippen molar-refractivity contribution in [3.05, 3.63) is 29.6 Å². The van der Waals surface area contributed by atoms with Crippen LogP contribution < -0.4 is 5.73 Å². The van der Waals surface area contributed by atoms with E-state index in [0.717, 1.165) is 36.3 Å². The maximum absolute atomic E-state index is 6.12. The van der Waals surface area contributed by atoms with Crippen LogP contribution in [0.5, 0.6) is 0 Å². The van der Waals surface area contributed by atoms with Crippen molar-refractivity contribution < 1.29 is 4.74 Å². The van der Waals surface area contributed by atoms with Crippen LogP contribution in [0.4, 0.5) is 5.82 Å². The summed E-state index contributed by atoms with van der Waals surface area (Å²) in [5.74, 6) is 3.52. The second-order valence-corrected chi connectivity index (χ2v) is 9.46. The Balaban J connectivity index is 1.28. The van der Waals surface area contributed by atoms with Crippen LogP contribution in [-0.2, 0) is 4.74 Å². The highest BCUT2D eigenvalue weighted by molar-refractivity contribution is 5.63. The molecule has 6 heteroatoms. The van der Waals surface area contributed by atoms with E-state index >= 15 is 0 Å². The number of aromatic nitrogens is 3. The number of likely N-dealkylation sites (tertiary alicyclic amines) is 1. The number of ether oxygens (including phenoxy) is 1. The molecule has 0 aromatic carbocycles. The maximum Gasteiger partial charge on any atom is 0.126 e. The van der Waals surface area contributed by atoms with E-state index in [1.807, 2.05) is 6.20 Å². The Bertz CT molecular complexity index is 902. The Labute approximate surface area is 166 Å². The molecule has 4 aliphatic rings. The summed E-state index contributed by atoms with van der Waals surface area (Å²) in [5.41, 5.74) is 10.9. The monoisotopic (exact) mass is 379 g/mol. The van der Waals surface area contributed by atoms with Gasteiger partial charge in [0.15, 0.2) is 0 Å². The molecule has 28 heavy (non-hydrogen) atoms. The average molecular weight is 380 g/mol. The molecule has 2 aliphatic heterocycles. The van der Waals surface area contributed by atoms with Crippen LogP contribution in [0.3, 0.4) is 0 Å². The van der Waals surface area contributed by atoms with Crippen LogP contribution in [-0.4, -0.2) is 52.0 Å². The highest BCUT2D eigenvalue weighted by Gasteiger charge is 2.58. The summed E-state index contributed by atoms with van der Waals surface area (Å²) in [4.78, 5) is 7.11. The predicted molar refractivity (Wildman–Crippen MR) is 108 cm³/mol. The second-order valence-electron chi connectivity index (χ2n) is 9.46. The SMILES string of the molecule is CC(C)n1nc(-c2cnc(N)c(C3CC3)c2)cc1[C@H]1[C@@H]2CN(C3COC3)C[C@@H]21. The number of nitrogens with two attached hydrogens (primary N) is 1. The van der Waals surface area contributed by atoms with Crippen molar-refractivity contribution in [3.8, 4) is 11.3 Å².